The minimum Gasteiger partial charge on any atom is -0.371 e. The number of nitrogens with one attached hydrogen (secondary N) is 1. The van der Waals surface area contributed by atoms with Crippen LogP contribution in [0.3, 0.4) is 0 Å². The van der Waals surface area contributed by atoms with E-state index in [1.54, 1.807) is 12.1 Å². The monoisotopic (exact) mass is 232 g/mol. The van der Waals surface area contributed by atoms with Gasteiger partial charge in [-0.15, -0.1) is 6.42 Å². The number of anilines is 1. The van der Waals surface area contributed by atoms with Crippen molar-refractivity contribution in [2.75, 3.05) is 5.32 Å². The number of nitro benzene ring substituents is 1. The molecule has 0 saturated heterocycles. The summed E-state index contributed by atoms with van der Waals surface area (Å²) in [4.78, 5) is 10.2. The van der Waals surface area contributed by atoms with Crippen LogP contribution in [0.4, 0.5) is 11.4 Å². The molecule has 1 unspecified atom stereocenters. The number of hydrogen-bond donors (Lipinski definition) is 1. The van der Waals surface area contributed by atoms with Gasteiger partial charge in [0.25, 0.3) is 5.69 Å². The molecule has 1 atom stereocenters. The van der Waals surface area contributed by atoms with E-state index in [2.05, 4.69) is 18.2 Å². The standard InChI is InChI=1S/C13H16N2O2/c1-4-6-11(5-2)14-13-8-7-12(15(16)17)9-10(13)3/h2,7-9,11,14H,4,6H2,1,3H3. The van der Waals surface area contributed by atoms with Crippen LogP contribution >= 0.6 is 0 Å². The number of terminal acetylenes is 1. The molecule has 0 aliphatic carbocycles. The molecule has 0 amide bonds. The maximum atomic E-state index is 10.6. The van der Waals surface area contributed by atoms with Crippen LogP contribution in [0.5, 0.6) is 0 Å². The lowest BCUT2D eigenvalue weighted by atomic mass is 10.1. The van der Waals surface area contributed by atoms with Gasteiger partial charge in [0.2, 0.25) is 0 Å². The molecular weight excluding hydrogens is 216 g/mol. The molecule has 0 fully saturated rings. The van der Waals surface area contributed by atoms with Crippen molar-refractivity contribution in [3.05, 3.63) is 33.9 Å². The Morgan fingerprint density at radius 1 is 1.59 bits per heavy atom. The first kappa shape index (κ1) is 13.0. The van der Waals surface area contributed by atoms with Crippen LogP contribution in [0.1, 0.15) is 25.3 Å². The molecule has 0 radical (unpaired) electrons. The van der Waals surface area contributed by atoms with E-state index in [9.17, 15) is 10.1 Å². The normalized spacial score (nSPS) is 11.6. The molecule has 0 aromatic heterocycles. The van der Waals surface area contributed by atoms with Gasteiger partial charge in [0.15, 0.2) is 0 Å². The summed E-state index contributed by atoms with van der Waals surface area (Å²) < 4.78 is 0. The van der Waals surface area contributed by atoms with E-state index in [1.165, 1.54) is 6.07 Å². The maximum Gasteiger partial charge on any atom is 0.269 e. The third kappa shape index (κ3) is 3.49. The third-order valence-electron chi connectivity index (χ3n) is 2.53. The average molecular weight is 232 g/mol. The zero-order valence-corrected chi connectivity index (χ0v) is 10.1. The molecule has 1 rings (SSSR count). The molecule has 0 saturated carbocycles. The van der Waals surface area contributed by atoms with Gasteiger partial charge >= 0.3 is 0 Å². The molecule has 17 heavy (non-hydrogen) atoms. The van der Waals surface area contributed by atoms with E-state index in [4.69, 9.17) is 6.42 Å². The fourth-order valence-corrected chi connectivity index (χ4v) is 1.60. The summed E-state index contributed by atoms with van der Waals surface area (Å²) in [6.45, 7) is 3.89. The number of non-ortho nitro benzene ring substituents is 1. The van der Waals surface area contributed by atoms with E-state index < -0.39 is 4.92 Å². The maximum absolute atomic E-state index is 10.6. The molecule has 90 valence electrons. The van der Waals surface area contributed by atoms with Crippen LogP contribution in [0.25, 0.3) is 0 Å². The van der Waals surface area contributed by atoms with Crippen LogP contribution in [0, 0.1) is 29.4 Å². The van der Waals surface area contributed by atoms with Crippen molar-refractivity contribution in [1.29, 1.82) is 0 Å². The number of rotatable bonds is 5. The molecular formula is C13H16N2O2. The minimum atomic E-state index is -0.401. The highest BCUT2D eigenvalue weighted by Crippen LogP contribution is 2.22. The zero-order chi connectivity index (χ0) is 12.8. The van der Waals surface area contributed by atoms with Gasteiger partial charge in [-0.25, -0.2) is 0 Å². The zero-order valence-electron chi connectivity index (χ0n) is 10.1. The van der Waals surface area contributed by atoms with E-state index in [1.807, 2.05) is 6.92 Å². The van der Waals surface area contributed by atoms with Gasteiger partial charge in [-0.3, -0.25) is 10.1 Å². The number of nitrogens with zero attached hydrogens (tertiary/aromatic N) is 1. The Labute approximate surface area is 101 Å². The molecule has 4 nitrogen and oxygen atoms in total. The summed E-state index contributed by atoms with van der Waals surface area (Å²) in [5.41, 5.74) is 1.78. The second-order valence-corrected chi connectivity index (χ2v) is 3.91. The SMILES string of the molecule is C#CC(CCC)Nc1ccc([N+](=O)[O-])cc1C. The lowest BCUT2D eigenvalue weighted by Crippen LogP contribution is -2.17. The van der Waals surface area contributed by atoms with Crippen LogP contribution in [-0.4, -0.2) is 11.0 Å². The Bertz CT molecular complexity index is 449. The van der Waals surface area contributed by atoms with Crippen molar-refractivity contribution in [3.8, 4) is 12.3 Å². The predicted molar refractivity (Wildman–Crippen MR) is 69.0 cm³/mol. The molecule has 1 N–H and O–H groups in total. The highest BCUT2D eigenvalue weighted by molar-refractivity contribution is 5.56. The van der Waals surface area contributed by atoms with Gasteiger partial charge in [0.1, 0.15) is 0 Å². The van der Waals surface area contributed by atoms with Crippen LogP contribution in [-0.2, 0) is 0 Å². The Morgan fingerprint density at radius 3 is 2.76 bits per heavy atom. The van der Waals surface area contributed by atoms with Crippen molar-refractivity contribution < 1.29 is 4.92 Å². The summed E-state index contributed by atoms with van der Waals surface area (Å²) in [5, 5.41) is 13.8. The number of benzene rings is 1. The number of hydrogen-bond acceptors (Lipinski definition) is 3. The van der Waals surface area contributed by atoms with E-state index >= 15 is 0 Å². The number of nitro groups is 1. The second kappa shape index (κ2) is 5.90. The average Bonchev–Trinajstić information content (AvgIpc) is 2.30. The molecule has 1 aromatic carbocycles. The lowest BCUT2D eigenvalue weighted by molar-refractivity contribution is -0.384. The second-order valence-electron chi connectivity index (χ2n) is 3.91. The molecule has 0 aliphatic rings. The first-order valence-electron chi connectivity index (χ1n) is 5.56. The summed E-state index contributed by atoms with van der Waals surface area (Å²) in [5.74, 6) is 2.67. The predicted octanol–water partition coefficient (Wildman–Crippen LogP) is 3.12. The van der Waals surface area contributed by atoms with Gasteiger partial charge in [-0.05, 0) is 25.0 Å². The van der Waals surface area contributed by atoms with E-state index in [0.29, 0.717) is 0 Å². The molecule has 0 spiro atoms. The van der Waals surface area contributed by atoms with Crippen molar-refractivity contribution >= 4 is 11.4 Å². The summed E-state index contributed by atoms with van der Waals surface area (Å²) in [6, 6.07) is 4.70. The Morgan fingerprint density at radius 2 is 2.29 bits per heavy atom. The highest BCUT2D eigenvalue weighted by atomic mass is 16.6. The highest BCUT2D eigenvalue weighted by Gasteiger charge is 2.10. The number of aryl methyl sites for hydroxylation is 1. The summed E-state index contributed by atoms with van der Waals surface area (Å²) in [7, 11) is 0. The van der Waals surface area contributed by atoms with E-state index in [0.717, 1.165) is 24.1 Å². The first-order valence-corrected chi connectivity index (χ1v) is 5.56. The Balaban J connectivity index is 2.86. The molecule has 0 heterocycles. The molecule has 4 heteroatoms. The van der Waals surface area contributed by atoms with Gasteiger partial charge in [-0.1, -0.05) is 19.3 Å². The van der Waals surface area contributed by atoms with Gasteiger partial charge < -0.3 is 5.32 Å². The Kier molecular flexibility index (Phi) is 4.53. The smallest absolute Gasteiger partial charge is 0.269 e. The molecule has 0 aliphatic heterocycles. The lowest BCUT2D eigenvalue weighted by Gasteiger charge is -2.15. The minimum absolute atomic E-state index is 0.0276. The van der Waals surface area contributed by atoms with Gasteiger partial charge in [-0.2, -0.15) is 0 Å². The van der Waals surface area contributed by atoms with Crippen molar-refractivity contribution in [3.63, 3.8) is 0 Å². The van der Waals surface area contributed by atoms with Crippen molar-refractivity contribution in [1.82, 2.24) is 0 Å². The van der Waals surface area contributed by atoms with Crippen molar-refractivity contribution in [2.45, 2.75) is 32.7 Å². The van der Waals surface area contributed by atoms with E-state index in [-0.39, 0.29) is 11.7 Å². The topological polar surface area (TPSA) is 55.2 Å². The van der Waals surface area contributed by atoms with Crippen LogP contribution in [0.15, 0.2) is 18.2 Å². The first-order chi connectivity index (χ1) is 8.08. The van der Waals surface area contributed by atoms with Crippen molar-refractivity contribution in [2.24, 2.45) is 0 Å². The quantitative estimate of drug-likeness (QED) is 0.482. The van der Waals surface area contributed by atoms with Crippen LogP contribution < -0.4 is 5.32 Å². The molecule has 0 bridgehead atoms. The van der Waals surface area contributed by atoms with Gasteiger partial charge in [0.05, 0.1) is 11.0 Å². The Hall–Kier alpha value is -2.02. The summed E-state index contributed by atoms with van der Waals surface area (Å²) in [6.07, 6.45) is 7.29. The largest absolute Gasteiger partial charge is 0.371 e. The molecule has 1 aromatic rings. The summed E-state index contributed by atoms with van der Waals surface area (Å²) >= 11 is 0. The van der Waals surface area contributed by atoms with Crippen LogP contribution in [0.2, 0.25) is 0 Å². The van der Waals surface area contributed by atoms with Gasteiger partial charge in [0, 0.05) is 17.8 Å². The fraction of sp³-hybridized carbons (Fsp3) is 0.385. The fourth-order valence-electron chi connectivity index (χ4n) is 1.60. The third-order valence-corrected chi connectivity index (χ3v) is 2.53.